The zero-order valence-corrected chi connectivity index (χ0v) is 75.4. The molecule has 0 atom stereocenters. The van der Waals surface area contributed by atoms with Crippen LogP contribution >= 0.6 is 11.3 Å². The largest absolute Gasteiger partial charge is 0.464 e. The Kier molecular flexibility index (Phi) is 19.5. The van der Waals surface area contributed by atoms with Crippen LogP contribution in [0.5, 0.6) is 0 Å². The summed E-state index contributed by atoms with van der Waals surface area (Å²) in [4.78, 5) is 0. The van der Waals surface area contributed by atoms with Crippen molar-refractivity contribution < 1.29 is 28.2 Å². The third kappa shape index (κ3) is 14.8. The van der Waals surface area contributed by atoms with Crippen molar-refractivity contribution in [3.05, 3.63) is 296 Å². The first-order valence-electron chi connectivity index (χ1n) is 43.8. The molecule has 0 fully saturated rings. The molecular weight excluding hydrogens is 1440 g/mol. The highest BCUT2D eigenvalue weighted by molar-refractivity contribution is 7.17. The number of pyridine rings is 4. The topological polar surface area (TPSA) is 33.6 Å². The van der Waals surface area contributed by atoms with E-state index in [1.165, 1.54) is 132 Å². The first kappa shape index (κ1) is 76.1. The normalized spacial score (nSPS) is 13.4. The molecule has 0 aliphatic heterocycles. The van der Waals surface area contributed by atoms with Crippen molar-refractivity contribution in [2.24, 2.45) is 28.2 Å². The van der Waals surface area contributed by atoms with Gasteiger partial charge in [-0.05, 0) is 247 Å². The molecule has 594 valence electrons. The molecule has 0 saturated carbocycles. The van der Waals surface area contributed by atoms with E-state index in [-0.39, 0.29) is 27.1 Å². The van der Waals surface area contributed by atoms with Crippen molar-refractivity contribution in [1.82, 2.24) is 4.57 Å². The first-order chi connectivity index (χ1) is 56.8. The number of aryl methyl sites for hydroxylation is 4. The van der Waals surface area contributed by atoms with Crippen molar-refractivity contribution in [3.63, 3.8) is 0 Å². The van der Waals surface area contributed by atoms with Crippen molar-refractivity contribution >= 4 is 97.3 Å². The van der Waals surface area contributed by atoms with Crippen LogP contribution in [0, 0.1) is 55.4 Å². The van der Waals surface area contributed by atoms with Crippen LogP contribution in [0.1, 0.15) is 201 Å². The molecule has 0 radical (unpaired) electrons. The van der Waals surface area contributed by atoms with E-state index in [9.17, 15) is 0 Å². The van der Waals surface area contributed by atoms with E-state index in [1.54, 1.807) is 17.6 Å². The van der Waals surface area contributed by atoms with Gasteiger partial charge in [0.05, 0.1) is 61.1 Å². The summed E-state index contributed by atoms with van der Waals surface area (Å²) < 4.78 is 53.4. The number of rotatable bonds is 5. The third-order valence-corrected chi connectivity index (χ3v) is 26.2. The van der Waals surface area contributed by atoms with Crippen LogP contribution in [0.15, 0.2) is 222 Å². The quantitative estimate of drug-likeness (QED) is 0.158. The fourth-order valence-electron chi connectivity index (χ4n) is 17.9. The number of hydrogen-bond donors (Lipinski definition) is 0. The van der Waals surface area contributed by atoms with Crippen LogP contribution in [0.2, 0.25) is 0 Å². The molecule has 1 aliphatic rings. The fourth-order valence-corrected chi connectivity index (χ4v) is 18.7. The van der Waals surface area contributed by atoms with E-state index in [0.717, 1.165) is 88.1 Å². The van der Waals surface area contributed by atoms with Crippen LogP contribution in [0.25, 0.3) is 142 Å². The van der Waals surface area contributed by atoms with Gasteiger partial charge >= 0.3 is 0 Å². The Balaban J connectivity index is 0.000000126. The number of thiophene rings is 1. The summed E-state index contributed by atoms with van der Waals surface area (Å²) in [5.41, 5.74) is 32.7. The van der Waals surface area contributed by atoms with Crippen molar-refractivity contribution in [1.29, 1.82) is 0 Å². The van der Waals surface area contributed by atoms with E-state index in [4.69, 9.17) is 9.90 Å². The standard InChI is InChI=1S/C31H35N2.C31H34N.C24H26NO.C24H26NS/c1-19(2)33-28-12-10-9-11-25(28)27-15-20(3)26(18-29(27)33)30-24-14-13-23(31(5,6)7)17-22(24)16-21(4)32(30)8;1-19-15-26-24-11-9-10-12-27(24)31(6,7)28(26)18-25(19)29-23-14-13-22(30(3,4)5)17-21(23)16-20(2)32(29)8;2*1-15-11-17-9-10-26-22(17)14-21(15)23-20-8-7-19(24(3,4)5)13-18(20)12-16(2)25(23)6/h9-19H,1-8H3;9-18H,1-8H3;2*7-14H,1-6H3/q4*+1/i2*16D;2*12D. The van der Waals surface area contributed by atoms with Gasteiger partial charge in [-0.3, -0.25) is 0 Å². The van der Waals surface area contributed by atoms with E-state index < -0.39 is 0 Å². The van der Waals surface area contributed by atoms with Crippen LogP contribution in [0.4, 0.5) is 0 Å². The molecule has 0 unspecified atom stereocenters. The maximum Gasteiger partial charge on any atom is 0.220 e. The lowest BCUT2D eigenvalue weighted by atomic mass is 9.81. The van der Waals surface area contributed by atoms with E-state index in [2.05, 4.69) is 378 Å². The van der Waals surface area contributed by atoms with Crippen molar-refractivity contribution in [2.45, 2.75) is 199 Å². The molecule has 117 heavy (non-hydrogen) atoms. The average molecular weight is 1570 g/mol. The number of fused-ring (bicyclic) bond motifs is 12. The highest BCUT2D eigenvalue weighted by atomic mass is 32.1. The Morgan fingerprint density at radius 2 is 0.744 bits per heavy atom. The van der Waals surface area contributed by atoms with Gasteiger partial charge in [0, 0.05) is 89.7 Å². The fraction of sp³-hybridized carbons (Fsp3) is 0.309. The molecule has 0 amide bonds. The number of benzene rings is 10. The predicted octanol–water partition coefficient (Wildman–Crippen LogP) is 27.9. The highest BCUT2D eigenvalue weighted by Gasteiger charge is 2.38. The Morgan fingerprint density at radius 3 is 1.20 bits per heavy atom. The Bertz CT molecular complexity index is 6940. The van der Waals surface area contributed by atoms with Crippen LogP contribution in [-0.4, -0.2) is 4.57 Å². The zero-order valence-electron chi connectivity index (χ0n) is 78.6. The molecule has 0 spiro atoms. The summed E-state index contributed by atoms with van der Waals surface area (Å²) in [5, 5.41) is 15.9. The molecule has 0 bridgehead atoms. The molecule has 7 heterocycles. The van der Waals surface area contributed by atoms with Crippen LogP contribution in [0.3, 0.4) is 0 Å². The number of para-hydroxylation sites is 1. The smallest absolute Gasteiger partial charge is 0.220 e. The molecular formula is C110H121N5OS+4. The molecule has 17 aromatic rings. The monoisotopic (exact) mass is 1560 g/mol. The van der Waals surface area contributed by atoms with Gasteiger partial charge in [-0.15, -0.1) is 11.3 Å². The SMILES string of the molecule is [2H]c1c(C)[n+](C)c(-c2cc3c(cc2C)-c2ccccc2C3(C)C)c2ccc(C(C)(C)C)cc12.[2H]c1c(C)[n+](C)c(-c2cc3c(cc2C)c2ccccc2n3C(C)C)c2ccc(C(C)(C)C)cc12.[2H]c1c(C)[n+](C)c(-c2cc3occc3cc2C)c2ccc(C(C)(C)C)cc12.[2H]c1c(C)[n+](C)c(-c2cc3sccc3cc2C)c2ccc(C(C)(C)C)cc12. The molecule has 7 heteroatoms. The summed E-state index contributed by atoms with van der Waals surface area (Å²) in [6.45, 7) is 52.9. The van der Waals surface area contributed by atoms with Crippen molar-refractivity contribution in [2.75, 3.05) is 0 Å². The number of aromatic nitrogens is 5. The van der Waals surface area contributed by atoms with Gasteiger partial charge in [0.15, 0.2) is 22.8 Å². The van der Waals surface area contributed by atoms with Gasteiger partial charge in [0.2, 0.25) is 22.8 Å². The van der Waals surface area contributed by atoms with Gasteiger partial charge in [-0.2, -0.15) is 18.3 Å². The minimum Gasteiger partial charge on any atom is -0.464 e. The summed E-state index contributed by atoms with van der Waals surface area (Å²) in [7, 11) is 8.33. The van der Waals surface area contributed by atoms with Gasteiger partial charge in [0.25, 0.3) is 0 Å². The van der Waals surface area contributed by atoms with Gasteiger partial charge in [0.1, 0.15) is 33.8 Å². The minimum absolute atomic E-state index is 0.0352. The van der Waals surface area contributed by atoms with Gasteiger partial charge < -0.3 is 8.98 Å². The molecule has 10 aromatic carbocycles. The number of nitrogens with zero attached hydrogens (tertiary/aromatic N) is 5. The Morgan fingerprint density at radius 1 is 0.350 bits per heavy atom. The van der Waals surface area contributed by atoms with E-state index in [0.29, 0.717) is 30.2 Å². The molecule has 18 rings (SSSR count). The van der Waals surface area contributed by atoms with Crippen LogP contribution < -0.4 is 18.3 Å². The van der Waals surface area contributed by atoms with Crippen LogP contribution in [-0.2, 0) is 55.3 Å². The predicted molar refractivity (Wildman–Crippen MR) is 501 cm³/mol. The summed E-state index contributed by atoms with van der Waals surface area (Å²) in [5.74, 6) is 0. The third-order valence-electron chi connectivity index (χ3n) is 25.3. The first-order valence-corrected chi connectivity index (χ1v) is 42.7. The van der Waals surface area contributed by atoms with E-state index in [1.807, 2.05) is 27.0 Å². The molecule has 0 saturated heterocycles. The summed E-state index contributed by atoms with van der Waals surface area (Å²) in [6, 6.07) is 69.5. The second-order valence-electron chi connectivity index (χ2n) is 38.3. The second-order valence-corrected chi connectivity index (χ2v) is 39.3. The molecule has 6 nitrogen and oxygen atoms in total. The minimum atomic E-state index is -0.0352. The second kappa shape index (κ2) is 29.9. The lowest BCUT2D eigenvalue weighted by molar-refractivity contribution is -0.665. The van der Waals surface area contributed by atoms with Gasteiger partial charge in [-0.1, -0.05) is 194 Å². The van der Waals surface area contributed by atoms with E-state index >= 15 is 0 Å². The Labute approximate surface area is 705 Å². The summed E-state index contributed by atoms with van der Waals surface area (Å²) in [6.07, 6.45) is 1.74. The van der Waals surface area contributed by atoms with Gasteiger partial charge in [-0.25, -0.2) is 0 Å². The molecule has 1 aliphatic carbocycles. The number of furan rings is 1. The zero-order chi connectivity index (χ0) is 87.4. The Hall–Kier alpha value is -10.9. The lowest BCUT2D eigenvalue weighted by Crippen LogP contribution is -2.35. The molecule has 0 N–H and O–H groups in total. The maximum absolute atomic E-state index is 8.91. The number of hydrogen-bond acceptors (Lipinski definition) is 2. The van der Waals surface area contributed by atoms with Crippen molar-refractivity contribution in [3.8, 4) is 56.2 Å². The average Bonchev–Trinajstić information content (AvgIpc) is 1.62. The molecule has 7 aromatic heterocycles. The highest BCUT2D eigenvalue weighted by Crippen LogP contribution is 2.51. The maximum atomic E-state index is 8.91. The lowest BCUT2D eigenvalue weighted by Gasteiger charge is -2.23. The summed E-state index contributed by atoms with van der Waals surface area (Å²) >= 11 is 1.78.